The number of anilines is 1. The minimum absolute atomic E-state index is 0.383. The molecule has 0 aliphatic carbocycles. The van der Waals surface area contributed by atoms with Gasteiger partial charge in [-0.15, -0.1) is 11.3 Å². The predicted octanol–water partition coefficient (Wildman–Crippen LogP) is 3.16. The Balaban J connectivity index is 1.94. The van der Waals surface area contributed by atoms with Crippen LogP contribution in [0.1, 0.15) is 10.4 Å². The van der Waals surface area contributed by atoms with E-state index in [9.17, 15) is 4.79 Å². The van der Waals surface area contributed by atoms with E-state index in [0.717, 1.165) is 21.6 Å². The number of thiophene rings is 1. The second-order valence-corrected chi connectivity index (χ2v) is 5.65. The van der Waals surface area contributed by atoms with Crippen LogP contribution in [0.5, 0.6) is 0 Å². The highest BCUT2D eigenvalue weighted by Crippen LogP contribution is 2.34. The number of primary amides is 1. The minimum atomic E-state index is -0.497. The molecule has 0 spiro atoms. The first-order valence-electron chi connectivity index (χ1n) is 6.35. The van der Waals surface area contributed by atoms with Gasteiger partial charge in [-0.3, -0.25) is 9.78 Å². The van der Waals surface area contributed by atoms with Crippen LogP contribution in [0.25, 0.3) is 21.6 Å². The van der Waals surface area contributed by atoms with Crippen LogP contribution >= 0.6 is 11.3 Å². The number of hydrogen-bond acceptors (Lipinski definition) is 4. The van der Waals surface area contributed by atoms with Crippen LogP contribution in [-0.4, -0.2) is 10.9 Å². The van der Waals surface area contributed by atoms with Gasteiger partial charge in [0.15, 0.2) is 0 Å². The van der Waals surface area contributed by atoms with Crippen LogP contribution in [0.3, 0.4) is 0 Å². The molecule has 0 atom stereocenters. The molecule has 104 valence electrons. The third-order valence-electron chi connectivity index (χ3n) is 3.21. The Morgan fingerprint density at radius 1 is 0.952 bits per heavy atom. The summed E-state index contributed by atoms with van der Waals surface area (Å²) >= 11 is 1.36. The molecule has 0 saturated heterocycles. The highest BCUT2D eigenvalue weighted by molar-refractivity contribution is 7.19. The van der Waals surface area contributed by atoms with Gasteiger partial charge < -0.3 is 11.5 Å². The Morgan fingerprint density at radius 3 is 2.10 bits per heavy atom. The van der Waals surface area contributed by atoms with Crippen LogP contribution in [0.15, 0.2) is 54.9 Å². The summed E-state index contributed by atoms with van der Waals surface area (Å²) in [5, 5.41) is 0.454. The van der Waals surface area contributed by atoms with E-state index < -0.39 is 5.91 Å². The second kappa shape index (κ2) is 5.38. The fourth-order valence-corrected chi connectivity index (χ4v) is 3.05. The lowest BCUT2D eigenvalue weighted by Gasteiger charge is -2.02. The van der Waals surface area contributed by atoms with E-state index in [1.54, 1.807) is 18.5 Å². The lowest BCUT2D eigenvalue weighted by Crippen LogP contribution is -2.11. The maximum atomic E-state index is 11.2. The molecule has 5 heteroatoms. The minimum Gasteiger partial charge on any atom is -0.390 e. The maximum absolute atomic E-state index is 11.2. The summed E-state index contributed by atoms with van der Waals surface area (Å²) in [7, 11) is 0. The van der Waals surface area contributed by atoms with Gasteiger partial charge >= 0.3 is 0 Å². The van der Waals surface area contributed by atoms with Gasteiger partial charge in [-0.1, -0.05) is 24.3 Å². The molecule has 0 radical (unpaired) electrons. The van der Waals surface area contributed by atoms with Crippen molar-refractivity contribution in [3.05, 3.63) is 60.4 Å². The quantitative estimate of drug-likeness (QED) is 0.778. The third kappa shape index (κ3) is 2.64. The van der Waals surface area contributed by atoms with Gasteiger partial charge in [-0.05, 0) is 34.9 Å². The van der Waals surface area contributed by atoms with Gasteiger partial charge in [-0.2, -0.15) is 0 Å². The number of rotatable bonds is 3. The molecule has 4 N–H and O–H groups in total. The average Bonchev–Trinajstić information content (AvgIpc) is 2.90. The summed E-state index contributed by atoms with van der Waals surface area (Å²) < 4.78 is 0. The van der Waals surface area contributed by atoms with Crippen LogP contribution in [0.2, 0.25) is 0 Å². The van der Waals surface area contributed by atoms with E-state index in [2.05, 4.69) is 4.98 Å². The molecule has 1 amide bonds. The number of nitrogen functional groups attached to an aromatic ring is 1. The van der Waals surface area contributed by atoms with E-state index in [0.29, 0.717) is 10.6 Å². The van der Waals surface area contributed by atoms with Gasteiger partial charge in [0.1, 0.15) is 0 Å². The number of benzene rings is 1. The number of nitrogens with two attached hydrogens (primary N) is 2. The summed E-state index contributed by atoms with van der Waals surface area (Å²) in [5.41, 5.74) is 14.7. The summed E-state index contributed by atoms with van der Waals surface area (Å²) in [6, 6.07) is 13.7. The normalized spacial score (nSPS) is 10.5. The van der Waals surface area contributed by atoms with Crippen molar-refractivity contribution >= 4 is 22.2 Å². The van der Waals surface area contributed by atoms with Crippen LogP contribution in [0.4, 0.5) is 5.00 Å². The van der Waals surface area contributed by atoms with Crippen molar-refractivity contribution in [3.63, 3.8) is 0 Å². The Hall–Kier alpha value is -2.66. The molecule has 0 aliphatic rings. The highest BCUT2D eigenvalue weighted by atomic mass is 32.1. The Morgan fingerprint density at radius 2 is 1.52 bits per heavy atom. The molecule has 21 heavy (non-hydrogen) atoms. The molecule has 0 unspecified atom stereocenters. The summed E-state index contributed by atoms with van der Waals surface area (Å²) in [5.74, 6) is -0.497. The van der Waals surface area contributed by atoms with E-state index in [1.165, 1.54) is 11.3 Å². The third-order valence-corrected chi connectivity index (χ3v) is 4.22. The molecule has 2 heterocycles. The van der Waals surface area contributed by atoms with Crippen molar-refractivity contribution in [2.45, 2.75) is 0 Å². The molecule has 4 nitrogen and oxygen atoms in total. The molecule has 1 aromatic carbocycles. The lowest BCUT2D eigenvalue weighted by molar-refractivity contribution is 0.100. The Kier molecular flexibility index (Phi) is 3.41. The van der Waals surface area contributed by atoms with Crippen molar-refractivity contribution in [2.75, 3.05) is 5.73 Å². The van der Waals surface area contributed by atoms with Gasteiger partial charge in [-0.25, -0.2) is 0 Å². The van der Waals surface area contributed by atoms with E-state index >= 15 is 0 Å². The fourth-order valence-electron chi connectivity index (χ4n) is 2.11. The zero-order valence-electron chi connectivity index (χ0n) is 11.1. The Bertz CT molecular complexity index is 779. The van der Waals surface area contributed by atoms with Crippen molar-refractivity contribution in [2.24, 2.45) is 5.73 Å². The molecule has 0 aliphatic heterocycles. The van der Waals surface area contributed by atoms with Gasteiger partial charge in [0.2, 0.25) is 0 Å². The Labute approximate surface area is 126 Å². The first-order chi connectivity index (χ1) is 10.1. The first kappa shape index (κ1) is 13.3. The zero-order chi connectivity index (χ0) is 14.8. The van der Waals surface area contributed by atoms with E-state index in [1.807, 2.05) is 36.4 Å². The van der Waals surface area contributed by atoms with Crippen LogP contribution < -0.4 is 11.5 Å². The van der Waals surface area contributed by atoms with Crippen LogP contribution in [0, 0.1) is 0 Å². The summed E-state index contributed by atoms with van der Waals surface area (Å²) in [6.45, 7) is 0. The standard InChI is InChI=1S/C16H13N3OS/c17-15(20)13-9-14(21-16(13)18)12-3-1-10(2-4-12)11-5-7-19-8-6-11/h1-9H,18H2,(H2,17,20). The summed E-state index contributed by atoms with van der Waals surface area (Å²) in [4.78, 5) is 16.2. The maximum Gasteiger partial charge on any atom is 0.251 e. The predicted molar refractivity (Wildman–Crippen MR) is 85.9 cm³/mol. The monoisotopic (exact) mass is 295 g/mol. The van der Waals surface area contributed by atoms with Crippen molar-refractivity contribution in [3.8, 4) is 21.6 Å². The molecule has 2 aromatic heterocycles. The number of pyridine rings is 1. The van der Waals surface area contributed by atoms with Crippen LogP contribution in [-0.2, 0) is 0 Å². The van der Waals surface area contributed by atoms with Crippen molar-refractivity contribution in [1.82, 2.24) is 4.98 Å². The molecule has 0 fully saturated rings. The van der Waals surface area contributed by atoms with Gasteiger partial charge in [0.25, 0.3) is 5.91 Å². The molecular weight excluding hydrogens is 282 g/mol. The van der Waals surface area contributed by atoms with Crippen molar-refractivity contribution < 1.29 is 4.79 Å². The second-order valence-electron chi connectivity index (χ2n) is 4.57. The van der Waals surface area contributed by atoms with Crippen molar-refractivity contribution in [1.29, 1.82) is 0 Å². The molecule has 0 bridgehead atoms. The number of carbonyl (C=O) groups excluding carboxylic acids is 1. The zero-order valence-corrected chi connectivity index (χ0v) is 11.9. The van der Waals surface area contributed by atoms with Gasteiger partial charge in [0.05, 0.1) is 10.6 Å². The number of aromatic nitrogens is 1. The SMILES string of the molecule is NC(=O)c1cc(-c2ccc(-c3ccncc3)cc2)sc1N. The topological polar surface area (TPSA) is 82.0 Å². The number of carbonyl (C=O) groups is 1. The highest BCUT2D eigenvalue weighted by Gasteiger charge is 2.12. The number of nitrogens with zero attached hydrogens (tertiary/aromatic N) is 1. The fraction of sp³-hybridized carbons (Fsp3) is 0. The van der Waals surface area contributed by atoms with E-state index in [4.69, 9.17) is 11.5 Å². The average molecular weight is 295 g/mol. The first-order valence-corrected chi connectivity index (χ1v) is 7.17. The molecular formula is C16H13N3OS. The smallest absolute Gasteiger partial charge is 0.251 e. The molecule has 0 saturated carbocycles. The molecule has 3 aromatic rings. The largest absolute Gasteiger partial charge is 0.390 e. The van der Waals surface area contributed by atoms with E-state index in [-0.39, 0.29) is 0 Å². The molecule has 3 rings (SSSR count). The number of hydrogen-bond donors (Lipinski definition) is 2. The summed E-state index contributed by atoms with van der Waals surface area (Å²) in [6.07, 6.45) is 3.53. The number of amides is 1. The lowest BCUT2D eigenvalue weighted by atomic mass is 10.0. The van der Waals surface area contributed by atoms with Gasteiger partial charge in [0, 0.05) is 17.3 Å².